The number of aromatic nitrogens is 4. The SMILES string of the molecule is CC(NC(=O)c1ccncc1)c1nncn1C. The third-order valence-corrected chi connectivity index (χ3v) is 2.42. The average Bonchev–Trinajstić information content (AvgIpc) is 2.76. The van der Waals surface area contributed by atoms with Gasteiger partial charge in [-0.15, -0.1) is 10.2 Å². The summed E-state index contributed by atoms with van der Waals surface area (Å²) in [6.45, 7) is 1.86. The van der Waals surface area contributed by atoms with Gasteiger partial charge in [0.1, 0.15) is 6.33 Å². The van der Waals surface area contributed by atoms with Crippen LogP contribution in [0.5, 0.6) is 0 Å². The minimum Gasteiger partial charge on any atom is -0.342 e. The van der Waals surface area contributed by atoms with E-state index in [2.05, 4.69) is 20.5 Å². The number of aryl methyl sites for hydroxylation is 1. The van der Waals surface area contributed by atoms with Crippen LogP contribution in [-0.2, 0) is 7.05 Å². The molecule has 0 fully saturated rings. The molecule has 0 saturated carbocycles. The van der Waals surface area contributed by atoms with Crippen molar-refractivity contribution >= 4 is 5.91 Å². The Morgan fingerprint density at radius 3 is 2.71 bits per heavy atom. The first-order valence-electron chi connectivity index (χ1n) is 5.23. The van der Waals surface area contributed by atoms with Gasteiger partial charge in [-0.2, -0.15) is 0 Å². The zero-order valence-corrected chi connectivity index (χ0v) is 9.66. The second kappa shape index (κ2) is 4.73. The number of nitrogens with one attached hydrogen (secondary N) is 1. The number of rotatable bonds is 3. The summed E-state index contributed by atoms with van der Waals surface area (Å²) in [4.78, 5) is 15.7. The molecule has 0 aromatic carbocycles. The molecule has 6 heteroatoms. The molecule has 0 aliphatic rings. The number of hydrogen-bond acceptors (Lipinski definition) is 4. The fourth-order valence-electron chi connectivity index (χ4n) is 1.53. The first-order valence-corrected chi connectivity index (χ1v) is 5.23. The van der Waals surface area contributed by atoms with E-state index in [1.807, 2.05) is 14.0 Å². The van der Waals surface area contributed by atoms with Crippen LogP contribution in [0.4, 0.5) is 0 Å². The van der Waals surface area contributed by atoms with Gasteiger partial charge in [0.05, 0.1) is 6.04 Å². The highest BCUT2D eigenvalue weighted by atomic mass is 16.1. The second-order valence-electron chi connectivity index (χ2n) is 3.73. The third kappa shape index (κ3) is 2.47. The van der Waals surface area contributed by atoms with Crippen LogP contribution in [0.15, 0.2) is 30.9 Å². The molecule has 1 amide bonds. The van der Waals surface area contributed by atoms with E-state index in [0.717, 1.165) is 0 Å². The van der Waals surface area contributed by atoms with Gasteiger partial charge in [-0.25, -0.2) is 0 Å². The molecule has 17 heavy (non-hydrogen) atoms. The van der Waals surface area contributed by atoms with Crippen molar-refractivity contribution in [1.29, 1.82) is 0 Å². The molecule has 88 valence electrons. The van der Waals surface area contributed by atoms with Gasteiger partial charge in [-0.1, -0.05) is 0 Å². The first-order chi connectivity index (χ1) is 8.18. The molecule has 1 atom stereocenters. The van der Waals surface area contributed by atoms with Gasteiger partial charge in [0.2, 0.25) is 0 Å². The fraction of sp³-hybridized carbons (Fsp3) is 0.273. The number of carbonyl (C=O) groups is 1. The Morgan fingerprint density at radius 1 is 1.41 bits per heavy atom. The molecule has 1 N–H and O–H groups in total. The van der Waals surface area contributed by atoms with Gasteiger partial charge in [-0.05, 0) is 19.1 Å². The Labute approximate surface area is 98.7 Å². The van der Waals surface area contributed by atoms with Gasteiger partial charge in [-0.3, -0.25) is 9.78 Å². The molecule has 2 aromatic rings. The van der Waals surface area contributed by atoms with Gasteiger partial charge >= 0.3 is 0 Å². The molecular formula is C11H13N5O. The molecule has 1 unspecified atom stereocenters. The van der Waals surface area contributed by atoms with Crippen LogP contribution in [0, 0.1) is 0 Å². The Balaban J connectivity index is 2.08. The maximum absolute atomic E-state index is 11.9. The molecular weight excluding hydrogens is 218 g/mol. The highest BCUT2D eigenvalue weighted by Gasteiger charge is 2.14. The molecule has 2 aromatic heterocycles. The van der Waals surface area contributed by atoms with Crippen molar-refractivity contribution < 1.29 is 4.79 Å². The monoisotopic (exact) mass is 231 g/mol. The van der Waals surface area contributed by atoms with Gasteiger partial charge in [0.15, 0.2) is 5.82 Å². The fourth-order valence-corrected chi connectivity index (χ4v) is 1.53. The van der Waals surface area contributed by atoms with E-state index in [4.69, 9.17) is 0 Å². The number of hydrogen-bond donors (Lipinski definition) is 1. The van der Waals surface area contributed by atoms with Crippen molar-refractivity contribution in [2.75, 3.05) is 0 Å². The van der Waals surface area contributed by atoms with Gasteiger partial charge in [0, 0.05) is 25.0 Å². The molecule has 0 radical (unpaired) electrons. The van der Waals surface area contributed by atoms with Crippen LogP contribution in [0.3, 0.4) is 0 Å². The first kappa shape index (κ1) is 11.3. The summed E-state index contributed by atoms with van der Waals surface area (Å²) in [6.07, 6.45) is 4.77. The summed E-state index contributed by atoms with van der Waals surface area (Å²) >= 11 is 0. The Kier molecular flexibility index (Phi) is 3.13. The van der Waals surface area contributed by atoms with E-state index in [1.54, 1.807) is 35.4 Å². The van der Waals surface area contributed by atoms with Crippen LogP contribution < -0.4 is 5.32 Å². The zero-order chi connectivity index (χ0) is 12.3. The summed E-state index contributed by atoms with van der Waals surface area (Å²) in [5.41, 5.74) is 0.578. The largest absolute Gasteiger partial charge is 0.342 e. The van der Waals surface area contributed by atoms with Crippen LogP contribution in [-0.4, -0.2) is 25.7 Å². The Morgan fingerprint density at radius 2 is 2.12 bits per heavy atom. The van der Waals surface area contributed by atoms with Gasteiger partial charge in [0.25, 0.3) is 5.91 Å². The van der Waals surface area contributed by atoms with Crippen molar-refractivity contribution in [3.63, 3.8) is 0 Å². The topological polar surface area (TPSA) is 72.7 Å². The van der Waals surface area contributed by atoms with Crippen molar-refractivity contribution in [3.8, 4) is 0 Å². The van der Waals surface area contributed by atoms with E-state index in [9.17, 15) is 4.79 Å². The molecule has 0 bridgehead atoms. The van der Waals surface area contributed by atoms with Crippen molar-refractivity contribution in [3.05, 3.63) is 42.2 Å². The number of pyridine rings is 1. The predicted molar refractivity (Wildman–Crippen MR) is 61.1 cm³/mol. The number of nitrogens with zero attached hydrogens (tertiary/aromatic N) is 4. The maximum atomic E-state index is 11.9. The lowest BCUT2D eigenvalue weighted by Crippen LogP contribution is -2.28. The van der Waals surface area contributed by atoms with E-state index < -0.39 is 0 Å². The quantitative estimate of drug-likeness (QED) is 0.844. The van der Waals surface area contributed by atoms with E-state index in [1.165, 1.54) is 0 Å². The molecule has 0 aliphatic heterocycles. The normalized spacial score (nSPS) is 12.1. The van der Waals surface area contributed by atoms with Crippen LogP contribution in [0.1, 0.15) is 29.1 Å². The number of carbonyl (C=O) groups excluding carboxylic acids is 1. The van der Waals surface area contributed by atoms with Crippen LogP contribution in [0.25, 0.3) is 0 Å². The molecule has 2 heterocycles. The summed E-state index contributed by atoms with van der Waals surface area (Å²) in [7, 11) is 1.84. The summed E-state index contributed by atoms with van der Waals surface area (Å²) in [5, 5.41) is 10.6. The Hall–Kier alpha value is -2.24. The molecule has 0 saturated heterocycles. The second-order valence-corrected chi connectivity index (χ2v) is 3.73. The van der Waals surface area contributed by atoms with Crippen molar-refractivity contribution in [2.24, 2.45) is 7.05 Å². The lowest BCUT2D eigenvalue weighted by atomic mass is 10.2. The molecule has 6 nitrogen and oxygen atoms in total. The minimum atomic E-state index is -0.192. The standard InChI is InChI=1S/C11H13N5O/c1-8(10-15-13-7-16(10)2)14-11(17)9-3-5-12-6-4-9/h3-8H,1-2H3,(H,14,17). The van der Waals surface area contributed by atoms with E-state index in [0.29, 0.717) is 11.4 Å². The van der Waals surface area contributed by atoms with Crippen molar-refractivity contribution in [1.82, 2.24) is 25.1 Å². The third-order valence-electron chi connectivity index (χ3n) is 2.42. The summed E-state index contributed by atoms with van der Waals surface area (Å²) in [5.74, 6) is 0.565. The Bertz CT molecular complexity index is 508. The average molecular weight is 231 g/mol. The van der Waals surface area contributed by atoms with E-state index in [-0.39, 0.29) is 11.9 Å². The predicted octanol–water partition coefficient (Wildman–Crippen LogP) is 0.701. The lowest BCUT2D eigenvalue weighted by molar-refractivity contribution is 0.0937. The summed E-state index contributed by atoms with van der Waals surface area (Å²) < 4.78 is 1.78. The molecule has 0 aliphatic carbocycles. The maximum Gasteiger partial charge on any atom is 0.251 e. The molecule has 0 spiro atoms. The summed E-state index contributed by atoms with van der Waals surface area (Å²) in [6, 6.07) is 3.14. The van der Waals surface area contributed by atoms with Crippen molar-refractivity contribution in [2.45, 2.75) is 13.0 Å². The highest BCUT2D eigenvalue weighted by Crippen LogP contribution is 2.08. The smallest absolute Gasteiger partial charge is 0.251 e. The van der Waals surface area contributed by atoms with E-state index >= 15 is 0 Å². The lowest BCUT2D eigenvalue weighted by Gasteiger charge is -2.12. The highest BCUT2D eigenvalue weighted by molar-refractivity contribution is 5.94. The number of amides is 1. The van der Waals surface area contributed by atoms with Crippen LogP contribution in [0.2, 0.25) is 0 Å². The van der Waals surface area contributed by atoms with Gasteiger partial charge < -0.3 is 9.88 Å². The zero-order valence-electron chi connectivity index (χ0n) is 9.66. The van der Waals surface area contributed by atoms with Crippen LogP contribution >= 0.6 is 0 Å². The minimum absolute atomic E-state index is 0.150. The molecule has 2 rings (SSSR count).